The van der Waals surface area contributed by atoms with E-state index in [0.717, 1.165) is 15.8 Å². The van der Waals surface area contributed by atoms with Crippen molar-refractivity contribution < 1.29 is 5.11 Å². The van der Waals surface area contributed by atoms with E-state index in [2.05, 4.69) is 12.1 Å². The second-order valence-corrected chi connectivity index (χ2v) is 6.60. The number of benzene rings is 2. The van der Waals surface area contributed by atoms with Gasteiger partial charge in [-0.2, -0.15) is 0 Å². The number of aliphatic hydroxyl groups excluding tert-OH is 1. The van der Waals surface area contributed by atoms with Gasteiger partial charge in [0, 0.05) is 26.0 Å². The van der Waals surface area contributed by atoms with Crippen LogP contribution in [0.3, 0.4) is 0 Å². The van der Waals surface area contributed by atoms with Crippen LogP contribution in [0.4, 0.5) is 0 Å². The Morgan fingerprint density at radius 1 is 1.05 bits per heavy atom. The van der Waals surface area contributed by atoms with Crippen LogP contribution in [-0.4, -0.2) is 5.11 Å². The Kier molecular flexibility index (Phi) is 3.99. The molecular weight excluding hydrogens is 311 g/mol. The monoisotopic (exact) mass is 322 g/mol. The zero-order chi connectivity index (χ0) is 14.1. The number of hydrogen-bond donors (Lipinski definition) is 1. The highest BCUT2D eigenvalue weighted by Crippen LogP contribution is 2.33. The Morgan fingerprint density at radius 2 is 1.85 bits per heavy atom. The van der Waals surface area contributed by atoms with Crippen LogP contribution in [0.5, 0.6) is 0 Å². The fraction of sp³-hybridized carbons (Fsp3) is 0.125. The van der Waals surface area contributed by atoms with Gasteiger partial charge >= 0.3 is 0 Å². The predicted molar refractivity (Wildman–Crippen MR) is 87.0 cm³/mol. The molecule has 102 valence electrons. The lowest BCUT2D eigenvalue weighted by molar-refractivity contribution is 0.182. The third-order valence-corrected chi connectivity index (χ3v) is 5.01. The van der Waals surface area contributed by atoms with Crippen molar-refractivity contribution in [2.75, 3.05) is 0 Å². The Bertz CT molecular complexity index is 718. The zero-order valence-electron chi connectivity index (χ0n) is 10.5. The van der Waals surface area contributed by atoms with Gasteiger partial charge in [-0.1, -0.05) is 47.5 Å². The van der Waals surface area contributed by atoms with E-state index < -0.39 is 6.10 Å². The lowest BCUT2D eigenvalue weighted by Crippen LogP contribution is -2.00. The van der Waals surface area contributed by atoms with E-state index in [4.69, 9.17) is 23.2 Å². The first-order valence-electron chi connectivity index (χ1n) is 6.24. The standard InChI is InChI=1S/C16H12Cl2OS/c17-12-6-5-10(13(18)9-12)7-14(19)16-8-11-3-1-2-4-15(11)20-16/h1-6,8-9,14,19H,7H2. The van der Waals surface area contributed by atoms with E-state index in [-0.39, 0.29) is 0 Å². The third-order valence-electron chi connectivity index (χ3n) is 3.20. The first kappa shape index (κ1) is 13.9. The van der Waals surface area contributed by atoms with Crippen LogP contribution in [0.15, 0.2) is 48.5 Å². The van der Waals surface area contributed by atoms with E-state index in [1.165, 1.54) is 4.70 Å². The summed E-state index contributed by atoms with van der Waals surface area (Å²) in [6.07, 6.45) is -0.0610. The molecule has 0 bridgehead atoms. The molecule has 0 radical (unpaired) electrons. The van der Waals surface area contributed by atoms with Gasteiger partial charge in [-0.05, 0) is 35.2 Å². The summed E-state index contributed by atoms with van der Waals surface area (Å²) in [5.74, 6) is 0. The number of halogens is 2. The molecule has 0 fully saturated rings. The van der Waals surface area contributed by atoms with E-state index in [1.807, 2.05) is 24.3 Å². The number of aliphatic hydroxyl groups is 1. The average Bonchev–Trinajstić information content (AvgIpc) is 2.86. The second kappa shape index (κ2) is 5.74. The maximum absolute atomic E-state index is 10.4. The first-order chi connectivity index (χ1) is 9.63. The van der Waals surface area contributed by atoms with Gasteiger partial charge in [0.05, 0.1) is 6.10 Å². The summed E-state index contributed by atoms with van der Waals surface area (Å²) in [7, 11) is 0. The molecule has 1 nitrogen and oxygen atoms in total. The number of fused-ring (bicyclic) bond motifs is 1. The van der Waals surface area contributed by atoms with Crippen LogP contribution in [0.25, 0.3) is 10.1 Å². The Labute approximate surface area is 131 Å². The molecular formula is C16H12Cl2OS. The van der Waals surface area contributed by atoms with E-state index in [1.54, 1.807) is 23.5 Å². The van der Waals surface area contributed by atoms with Crippen molar-refractivity contribution in [3.63, 3.8) is 0 Å². The van der Waals surface area contributed by atoms with E-state index in [9.17, 15) is 5.11 Å². The lowest BCUT2D eigenvalue weighted by atomic mass is 10.1. The van der Waals surface area contributed by atoms with Crippen LogP contribution >= 0.6 is 34.5 Å². The van der Waals surface area contributed by atoms with Gasteiger partial charge in [0.1, 0.15) is 0 Å². The van der Waals surface area contributed by atoms with Gasteiger partial charge in [0.25, 0.3) is 0 Å². The second-order valence-electron chi connectivity index (χ2n) is 4.64. The molecule has 1 N–H and O–H groups in total. The maximum atomic E-state index is 10.4. The van der Waals surface area contributed by atoms with Crippen LogP contribution in [0.2, 0.25) is 10.0 Å². The molecule has 3 aromatic rings. The Hall–Kier alpha value is -1.06. The quantitative estimate of drug-likeness (QED) is 0.676. The summed E-state index contributed by atoms with van der Waals surface area (Å²) in [6, 6.07) is 15.5. The predicted octanol–water partition coefficient (Wildman–Crippen LogP) is 5.48. The molecule has 1 aromatic heterocycles. The summed E-state index contributed by atoms with van der Waals surface area (Å²) in [5.41, 5.74) is 0.904. The molecule has 0 aliphatic rings. The highest BCUT2D eigenvalue weighted by molar-refractivity contribution is 7.19. The highest BCUT2D eigenvalue weighted by Gasteiger charge is 2.14. The van der Waals surface area contributed by atoms with Crippen molar-refractivity contribution >= 4 is 44.6 Å². The normalized spacial score (nSPS) is 12.8. The summed E-state index contributed by atoms with van der Waals surface area (Å²) in [5, 5.41) is 12.8. The molecule has 0 aliphatic heterocycles. The van der Waals surface area contributed by atoms with Gasteiger partial charge in [0.2, 0.25) is 0 Å². The number of thiophene rings is 1. The highest BCUT2D eigenvalue weighted by atomic mass is 35.5. The van der Waals surface area contributed by atoms with Gasteiger partial charge in [-0.15, -0.1) is 11.3 Å². The topological polar surface area (TPSA) is 20.2 Å². The molecule has 0 amide bonds. The molecule has 1 heterocycles. The van der Waals surface area contributed by atoms with Gasteiger partial charge in [-0.25, -0.2) is 0 Å². The first-order valence-corrected chi connectivity index (χ1v) is 7.81. The van der Waals surface area contributed by atoms with Crippen molar-refractivity contribution in [1.82, 2.24) is 0 Å². The van der Waals surface area contributed by atoms with Crippen molar-refractivity contribution in [3.8, 4) is 0 Å². The SMILES string of the molecule is OC(Cc1ccc(Cl)cc1Cl)c1cc2ccccc2s1. The maximum Gasteiger partial charge on any atom is 0.0923 e. The van der Waals surface area contributed by atoms with Crippen LogP contribution in [0, 0.1) is 0 Å². The fourth-order valence-electron chi connectivity index (χ4n) is 2.16. The van der Waals surface area contributed by atoms with E-state index >= 15 is 0 Å². The van der Waals surface area contributed by atoms with Crippen molar-refractivity contribution in [3.05, 3.63) is 69.0 Å². The largest absolute Gasteiger partial charge is 0.387 e. The minimum atomic E-state index is -0.550. The summed E-state index contributed by atoms with van der Waals surface area (Å²) in [4.78, 5) is 0.956. The van der Waals surface area contributed by atoms with Gasteiger partial charge in [-0.3, -0.25) is 0 Å². The lowest BCUT2D eigenvalue weighted by Gasteiger charge is -2.10. The number of hydrogen-bond acceptors (Lipinski definition) is 2. The van der Waals surface area contributed by atoms with Gasteiger partial charge < -0.3 is 5.11 Å². The minimum Gasteiger partial charge on any atom is -0.387 e. The number of rotatable bonds is 3. The Morgan fingerprint density at radius 3 is 2.60 bits per heavy atom. The van der Waals surface area contributed by atoms with Crippen LogP contribution < -0.4 is 0 Å². The average molecular weight is 323 g/mol. The minimum absolute atomic E-state index is 0.489. The molecule has 4 heteroatoms. The van der Waals surface area contributed by atoms with Crippen molar-refractivity contribution in [2.45, 2.75) is 12.5 Å². The molecule has 0 spiro atoms. The third kappa shape index (κ3) is 2.84. The molecule has 1 atom stereocenters. The van der Waals surface area contributed by atoms with Crippen molar-refractivity contribution in [2.24, 2.45) is 0 Å². The van der Waals surface area contributed by atoms with Crippen LogP contribution in [-0.2, 0) is 6.42 Å². The summed E-state index contributed by atoms with van der Waals surface area (Å²) < 4.78 is 1.18. The Balaban J connectivity index is 1.86. The van der Waals surface area contributed by atoms with Crippen molar-refractivity contribution in [1.29, 1.82) is 0 Å². The van der Waals surface area contributed by atoms with Crippen LogP contribution in [0.1, 0.15) is 16.5 Å². The summed E-state index contributed by atoms with van der Waals surface area (Å²) >= 11 is 13.6. The molecule has 3 rings (SSSR count). The molecule has 1 unspecified atom stereocenters. The molecule has 0 aliphatic carbocycles. The summed E-state index contributed by atoms with van der Waals surface area (Å²) in [6.45, 7) is 0. The van der Waals surface area contributed by atoms with E-state index in [0.29, 0.717) is 16.5 Å². The fourth-order valence-corrected chi connectivity index (χ4v) is 3.70. The zero-order valence-corrected chi connectivity index (χ0v) is 12.8. The smallest absolute Gasteiger partial charge is 0.0923 e. The molecule has 20 heavy (non-hydrogen) atoms. The molecule has 0 saturated carbocycles. The molecule has 2 aromatic carbocycles. The molecule has 0 saturated heterocycles. The van der Waals surface area contributed by atoms with Gasteiger partial charge in [0.15, 0.2) is 0 Å².